The Morgan fingerprint density at radius 1 is 1.32 bits per heavy atom. The van der Waals surface area contributed by atoms with E-state index in [2.05, 4.69) is 0 Å². The first-order chi connectivity index (χ1) is 9.09. The van der Waals surface area contributed by atoms with Crippen molar-refractivity contribution in [2.24, 2.45) is 17.1 Å². The first-order valence-corrected chi connectivity index (χ1v) is 7.17. The third kappa shape index (κ3) is 2.91. The monoisotopic (exact) mass is 268 g/mol. The first kappa shape index (κ1) is 14.3. The standard InChI is InChI=1S/C14H24N2O3/c1-19-10-7-14(5-2-6-14)13(18)16-8-3-11(4-9-16)12(15)17/h11H,2-10H2,1H3,(H2,15,17). The average molecular weight is 268 g/mol. The molecule has 0 atom stereocenters. The molecular weight excluding hydrogens is 244 g/mol. The summed E-state index contributed by atoms with van der Waals surface area (Å²) in [6.07, 6.45) is 5.32. The maximum atomic E-state index is 12.6. The van der Waals surface area contributed by atoms with Gasteiger partial charge in [0.05, 0.1) is 5.41 Å². The molecule has 1 aliphatic heterocycles. The molecule has 1 saturated heterocycles. The Balaban J connectivity index is 1.91. The fourth-order valence-electron chi connectivity index (χ4n) is 3.17. The zero-order valence-electron chi connectivity index (χ0n) is 11.7. The smallest absolute Gasteiger partial charge is 0.228 e. The number of carbonyl (C=O) groups excluding carboxylic acids is 2. The second-order valence-electron chi connectivity index (χ2n) is 5.85. The Labute approximate surface area is 114 Å². The van der Waals surface area contributed by atoms with Crippen LogP contribution in [0.15, 0.2) is 0 Å². The Bertz CT molecular complexity index is 345. The van der Waals surface area contributed by atoms with E-state index in [9.17, 15) is 9.59 Å². The molecular formula is C14H24N2O3. The van der Waals surface area contributed by atoms with Gasteiger partial charge in [0, 0.05) is 32.7 Å². The van der Waals surface area contributed by atoms with Crippen LogP contribution in [0.4, 0.5) is 0 Å². The Morgan fingerprint density at radius 2 is 1.95 bits per heavy atom. The van der Waals surface area contributed by atoms with Crippen molar-refractivity contribution in [2.75, 3.05) is 26.8 Å². The maximum Gasteiger partial charge on any atom is 0.228 e. The van der Waals surface area contributed by atoms with E-state index < -0.39 is 0 Å². The molecule has 2 N–H and O–H groups in total. The molecule has 0 unspecified atom stereocenters. The van der Waals surface area contributed by atoms with Gasteiger partial charge in [-0.05, 0) is 32.1 Å². The molecule has 0 bridgehead atoms. The lowest BCUT2D eigenvalue weighted by Crippen LogP contribution is -2.51. The molecule has 0 spiro atoms. The number of ether oxygens (including phenoxy) is 1. The van der Waals surface area contributed by atoms with Crippen molar-refractivity contribution in [3.8, 4) is 0 Å². The number of hydrogen-bond donors (Lipinski definition) is 1. The molecule has 108 valence electrons. The summed E-state index contributed by atoms with van der Waals surface area (Å²) < 4.78 is 5.13. The molecule has 0 radical (unpaired) electrons. The fraction of sp³-hybridized carbons (Fsp3) is 0.857. The first-order valence-electron chi connectivity index (χ1n) is 7.17. The number of nitrogens with zero attached hydrogens (tertiary/aromatic N) is 1. The fourth-order valence-corrected chi connectivity index (χ4v) is 3.17. The van der Waals surface area contributed by atoms with Crippen LogP contribution in [0.1, 0.15) is 38.5 Å². The molecule has 1 aliphatic carbocycles. The number of amides is 2. The van der Waals surface area contributed by atoms with Crippen molar-refractivity contribution in [3.63, 3.8) is 0 Å². The molecule has 2 amide bonds. The van der Waals surface area contributed by atoms with Gasteiger partial charge in [0.15, 0.2) is 0 Å². The summed E-state index contributed by atoms with van der Waals surface area (Å²) in [6.45, 7) is 1.98. The summed E-state index contributed by atoms with van der Waals surface area (Å²) in [5.41, 5.74) is 5.13. The minimum absolute atomic E-state index is 0.0552. The Kier molecular flexibility index (Phi) is 4.45. The zero-order valence-corrected chi connectivity index (χ0v) is 11.7. The number of piperidine rings is 1. The van der Waals surface area contributed by atoms with E-state index in [0.717, 1.165) is 25.7 Å². The van der Waals surface area contributed by atoms with Gasteiger partial charge >= 0.3 is 0 Å². The molecule has 1 heterocycles. The van der Waals surface area contributed by atoms with E-state index >= 15 is 0 Å². The van der Waals surface area contributed by atoms with E-state index in [-0.39, 0.29) is 23.1 Å². The third-order valence-corrected chi connectivity index (χ3v) is 4.73. The van der Waals surface area contributed by atoms with E-state index in [0.29, 0.717) is 32.5 Å². The van der Waals surface area contributed by atoms with Gasteiger partial charge in [-0.1, -0.05) is 6.42 Å². The zero-order chi connectivity index (χ0) is 13.9. The predicted molar refractivity (Wildman–Crippen MR) is 71.3 cm³/mol. The van der Waals surface area contributed by atoms with Crippen LogP contribution in [0, 0.1) is 11.3 Å². The van der Waals surface area contributed by atoms with Crippen LogP contribution in [0.5, 0.6) is 0 Å². The van der Waals surface area contributed by atoms with E-state index in [1.165, 1.54) is 0 Å². The topological polar surface area (TPSA) is 72.6 Å². The second-order valence-corrected chi connectivity index (χ2v) is 5.85. The van der Waals surface area contributed by atoms with Crippen molar-refractivity contribution >= 4 is 11.8 Å². The summed E-state index contributed by atoms with van der Waals surface area (Å²) in [7, 11) is 1.68. The van der Waals surface area contributed by atoms with Crippen LogP contribution in [-0.2, 0) is 14.3 Å². The Hall–Kier alpha value is -1.10. The van der Waals surface area contributed by atoms with Crippen LogP contribution in [0.25, 0.3) is 0 Å². The predicted octanol–water partition coefficient (Wildman–Crippen LogP) is 0.917. The summed E-state index contributed by atoms with van der Waals surface area (Å²) >= 11 is 0. The normalized spacial score (nSPS) is 22.9. The van der Waals surface area contributed by atoms with Gasteiger partial charge in [-0.25, -0.2) is 0 Å². The van der Waals surface area contributed by atoms with Gasteiger partial charge in [-0.2, -0.15) is 0 Å². The highest BCUT2D eigenvalue weighted by molar-refractivity contribution is 5.84. The van der Waals surface area contributed by atoms with Crippen LogP contribution < -0.4 is 5.73 Å². The number of primary amides is 1. The summed E-state index contributed by atoms with van der Waals surface area (Å²) in [6, 6.07) is 0. The van der Waals surface area contributed by atoms with E-state index in [4.69, 9.17) is 10.5 Å². The lowest BCUT2D eigenvalue weighted by atomic mass is 9.65. The summed E-state index contributed by atoms with van der Waals surface area (Å²) in [5.74, 6) is -0.0241. The molecule has 2 fully saturated rings. The van der Waals surface area contributed by atoms with Crippen molar-refractivity contribution < 1.29 is 14.3 Å². The van der Waals surface area contributed by atoms with E-state index in [1.54, 1.807) is 7.11 Å². The van der Waals surface area contributed by atoms with Gasteiger partial charge in [0.25, 0.3) is 0 Å². The van der Waals surface area contributed by atoms with Gasteiger partial charge in [0.1, 0.15) is 0 Å². The highest BCUT2D eigenvalue weighted by Gasteiger charge is 2.46. The Morgan fingerprint density at radius 3 is 2.37 bits per heavy atom. The highest BCUT2D eigenvalue weighted by atomic mass is 16.5. The molecule has 19 heavy (non-hydrogen) atoms. The molecule has 2 aliphatic rings. The third-order valence-electron chi connectivity index (χ3n) is 4.73. The lowest BCUT2D eigenvalue weighted by Gasteiger charge is -2.45. The molecule has 5 heteroatoms. The largest absolute Gasteiger partial charge is 0.385 e. The second kappa shape index (κ2) is 5.90. The molecule has 0 aromatic heterocycles. The summed E-state index contributed by atoms with van der Waals surface area (Å²) in [5, 5.41) is 0. The van der Waals surface area contributed by atoms with Gasteiger partial charge in [0.2, 0.25) is 11.8 Å². The van der Waals surface area contributed by atoms with Crippen molar-refractivity contribution in [1.29, 1.82) is 0 Å². The van der Waals surface area contributed by atoms with Crippen molar-refractivity contribution in [1.82, 2.24) is 4.90 Å². The lowest BCUT2D eigenvalue weighted by molar-refractivity contribution is -0.151. The van der Waals surface area contributed by atoms with Crippen molar-refractivity contribution in [2.45, 2.75) is 38.5 Å². The number of methoxy groups -OCH3 is 1. The number of likely N-dealkylation sites (tertiary alicyclic amines) is 1. The molecule has 1 saturated carbocycles. The highest BCUT2D eigenvalue weighted by Crippen LogP contribution is 2.45. The van der Waals surface area contributed by atoms with Crippen LogP contribution >= 0.6 is 0 Å². The van der Waals surface area contributed by atoms with Crippen LogP contribution in [-0.4, -0.2) is 43.5 Å². The molecule has 5 nitrogen and oxygen atoms in total. The number of carbonyl (C=O) groups is 2. The number of nitrogens with two attached hydrogens (primary N) is 1. The van der Waals surface area contributed by atoms with Gasteiger partial charge < -0.3 is 15.4 Å². The minimum atomic E-state index is -0.232. The van der Waals surface area contributed by atoms with Crippen LogP contribution in [0.2, 0.25) is 0 Å². The van der Waals surface area contributed by atoms with Crippen molar-refractivity contribution in [3.05, 3.63) is 0 Å². The van der Waals surface area contributed by atoms with Crippen LogP contribution in [0.3, 0.4) is 0 Å². The summed E-state index contributed by atoms with van der Waals surface area (Å²) in [4.78, 5) is 25.7. The SMILES string of the molecule is COCCC1(C(=O)N2CCC(C(N)=O)CC2)CCC1. The number of hydrogen-bond acceptors (Lipinski definition) is 3. The maximum absolute atomic E-state index is 12.6. The minimum Gasteiger partial charge on any atom is -0.385 e. The quantitative estimate of drug-likeness (QED) is 0.805. The van der Waals surface area contributed by atoms with E-state index in [1.807, 2.05) is 4.90 Å². The molecule has 2 rings (SSSR count). The van der Waals surface area contributed by atoms with Gasteiger partial charge in [-0.3, -0.25) is 9.59 Å². The van der Waals surface area contributed by atoms with Gasteiger partial charge in [-0.15, -0.1) is 0 Å². The molecule has 0 aromatic carbocycles. The number of rotatable bonds is 5. The molecule has 0 aromatic rings. The average Bonchev–Trinajstić information content (AvgIpc) is 2.37.